The molecule has 0 unspecified atom stereocenters. The molecular weight excluding hydrogens is 230 g/mol. The maximum Gasteiger partial charge on any atom is 0.274 e. The molecule has 94 valence electrons. The van der Waals surface area contributed by atoms with Crippen LogP contribution in [-0.2, 0) is 7.05 Å². The van der Waals surface area contributed by atoms with Crippen LogP contribution in [-0.4, -0.2) is 20.7 Å². The van der Waals surface area contributed by atoms with Gasteiger partial charge >= 0.3 is 0 Å². The van der Waals surface area contributed by atoms with E-state index in [4.69, 9.17) is 5.73 Å². The minimum absolute atomic E-state index is 0.123. The molecule has 1 atom stereocenters. The molecule has 6 heteroatoms. The van der Waals surface area contributed by atoms with Gasteiger partial charge in [-0.05, 0) is 24.6 Å². The highest BCUT2D eigenvalue weighted by Gasteiger charge is 2.16. The molecule has 2 aromatic rings. The molecule has 18 heavy (non-hydrogen) atoms. The summed E-state index contributed by atoms with van der Waals surface area (Å²) in [5.41, 5.74) is 7.30. The van der Waals surface area contributed by atoms with Crippen molar-refractivity contribution in [3.8, 4) is 0 Å². The van der Waals surface area contributed by atoms with Crippen LogP contribution in [0.4, 0.5) is 5.69 Å². The van der Waals surface area contributed by atoms with Crippen molar-refractivity contribution in [2.75, 3.05) is 5.73 Å². The van der Waals surface area contributed by atoms with Crippen molar-refractivity contribution < 1.29 is 4.79 Å². The number of pyridine rings is 1. The summed E-state index contributed by atoms with van der Waals surface area (Å²) in [6.07, 6.45) is 4.98. The Hall–Kier alpha value is -2.37. The van der Waals surface area contributed by atoms with E-state index in [0.717, 1.165) is 5.56 Å². The number of amides is 1. The number of rotatable bonds is 3. The zero-order valence-electron chi connectivity index (χ0n) is 10.3. The fraction of sp³-hybridized carbons (Fsp3) is 0.250. The van der Waals surface area contributed by atoms with Gasteiger partial charge in [-0.3, -0.25) is 14.5 Å². The number of hydrogen-bond acceptors (Lipinski definition) is 4. The number of nitrogens with one attached hydrogen (secondary N) is 1. The van der Waals surface area contributed by atoms with Crippen LogP contribution < -0.4 is 11.1 Å². The number of carbonyl (C=O) groups is 1. The predicted octanol–water partition coefficient (Wildman–Crippen LogP) is 0.888. The van der Waals surface area contributed by atoms with Gasteiger partial charge in [-0.1, -0.05) is 0 Å². The largest absolute Gasteiger partial charge is 0.396 e. The second kappa shape index (κ2) is 4.87. The van der Waals surface area contributed by atoms with Crippen LogP contribution in [0.15, 0.2) is 30.7 Å². The first-order chi connectivity index (χ1) is 8.58. The van der Waals surface area contributed by atoms with Gasteiger partial charge in [0.25, 0.3) is 5.91 Å². The second-order valence-electron chi connectivity index (χ2n) is 4.08. The lowest BCUT2D eigenvalue weighted by Crippen LogP contribution is -2.27. The van der Waals surface area contributed by atoms with Gasteiger partial charge in [-0.15, -0.1) is 0 Å². The van der Waals surface area contributed by atoms with Crippen LogP contribution >= 0.6 is 0 Å². The van der Waals surface area contributed by atoms with Gasteiger partial charge in [0.1, 0.15) is 0 Å². The van der Waals surface area contributed by atoms with Crippen molar-refractivity contribution in [2.45, 2.75) is 13.0 Å². The Morgan fingerprint density at radius 2 is 2.11 bits per heavy atom. The summed E-state index contributed by atoms with van der Waals surface area (Å²) in [4.78, 5) is 15.9. The Kier molecular flexibility index (Phi) is 3.27. The number of anilines is 1. The second-order valence-corrected chi connectivity index (χ2v) is 4.08. The molecule has 0 aromatic carbocycles. The number of nitrogens with zero attached hydrogens (tertiary/aromatic N) is 3. The SMILES string of the molecule is C[C@@H](NC(=O)c1nn(C)cc1N)c1ccncc1. The number of aromatic nitrogens is 3. The average Bonchev–Trinajstić information content (AvgIpc) is 2.69. The van der Waals surface area contributed by atoms with Crippen molar-refractivity contribution >= 4 is 11.6 Å². The molecule has 2 aromatic heterocycles. The van der Waals surface area contributed by atoms with Crippen molar-refractivity contribution in [1.29, 1.82) is 0 Å². The fourth-order valence-electron chi connectivity index (χ4n) is 1.68. The van der Waals surface area contributed by atoms with E-state index in [1.54, 1.807) is 25.6 Å². The first-order valence-corrected chi connectivity index (χ1v) is 5.58. The highest BCUT2D eigenvalue weighted by atomic mass is 16.2. The zero-order valence-corrected chi connectivity index (χ0v) is 10.3. The van der Waals surface area contributed by atoms with Crippen LogP contribution in [0, 0.1) is 0 Å². The standard InChI is InChI=1S/C12H15N5O/c1-8(9-3-5-14-6-4-9)15-12(18)11-10(13)7-17(2)16-11/h3-8H,13H2,1-2H3,(H,15,18)/t8-/m1/s1. The smallest absolute Gasteiger partial charge is 0.274 e. The average molecular weight is 245 g/mol. The molecule has 0 radical (unpaired) electrons. The maximum absolute atomic E-state index is 12.0. The number of carbonyl (C=O) groups excluding carboxylic acids is 1. The van der Waals surface area contributed by atoms with E-state index in [2.05, 4.69) is 15.4 Å². The van der Waals surface area contributed by atoms with E-state index < -0.39 is 0 Å². The predicted molar refractivity (Wildman–Crippen MR) is 67.7 cm³/mol. The Balaban J connectivity index is 2.10. The Labute approximate surface area is 105 Å². The number of nitrogens with two attached hydrogens (primary N) is 1. The molecule has 0 aliphatic carbocycles. The van der Waals surface area contributed by atoms with E-state index in [1.807, 2.05) is 19.1 Å². The third-order valence-electron chi connectivity index (χ3n) is 2.63. The lowest BCUT2D eigenvalue weighted by Gasteiger charge is -2.13. The summed E-state index contributed by atoms with van der Waals surface area (Å²) >= 11 is 0. The summed E-state index contributed by atoms with van der Waals surface area (Å²) in [5, 5.41) is 6.87. The molecular formula is C12H15N5O. The Morgan fingerprint density at radius 1 is 1.44 bits per heavy atom. The normalized spacial score (nSPS) is 12.1. The third-order valence-corrected chi connectivity index (χ3v) is 2.63. The molecule has 6 nitrogen and oxygen atoms in total. The van der Waals surface area contributed by atoms with Crippen molar-refractivity contribution in [2.24, 2.45) is 7.05 Å². The Bertz CT molecular complexity index is 549. The van der Waals surface area contributed by atoms with Gasteiger partial charge < -0.3 is 11.1 Å². The monoisotopic (exact) mass is 245 g/mol. The zero-order chi connectivity index (χ0) is 13.1. The van der Waals surface area contributed by atoms with Gasteiger partial charge in [-0.25, -0.2) is 0 Å². The molecule has 2 heterocycles. The van der Waals surface area contributed by atoms with E-state index in [1.165, 1.54) is 4.68 Å². The molecule has 0 saturated carbocycles. The molecule has 2 rings (SSSR count). The molecule has 0 aliphatic rings. The van der Waals surface area contributed by atoms with E-state index in [9.17, 15) is 4.79 Å². The first kappa shape index (κ1) is 12.1. The molecule has 0 spiro atoms. The molecule has 0 fully saturated rings. The van der Waals surface area contributed by atoms with Gasteiger partial charge in [0, 0.05) is 25.6 Å². The minimum atomic E-state index is -0.280. The quantitative estimate of drug-likeness (QED) is 0.840. The number of nitrogen functional groups attached to an aromatic ring is 1. The summed E-state index contributed by atoms with van der Waals surface area (Å²) in [6.45, 7) is 1.90. The van der Waals surface area contributed by atoms with Crippen LogP contribution in [0.3, 0.4) is 0 Å². The van der Waals surface area contributed by atoms with Crippen LogP contribution in [0.2, 0.25) is 0 Å². The molecule has 0 bridgehead atoms. The summed E-state index contributed by atoms with van der Waals surface area (Å²) in [5.74, 6) is -0.280. The number of aryl methyl sites for hydroxylation is 1. The highest BCUT2D eigenvalue weighted by molar-refractivity contribution is 5.97. The third kappa shape index (κ3) is 2.48. The van der Waals surface area contributed by atoms with Gasteiger partial charge in [-0.2, -0.15) is 5.10 Å². The minimum Gasteiger partial charge on any atom is -0.396 e. The van der Waals surface area contributed by atoms with Crippen LogP contribution in [0.1, 0.15) is 29.0 Å². The number of hydrogen-bond donors (Lipinski definition) is 2. The fourth-order valence-corrected chi connectivity index (χ4v) is 1.68. The van der Waals surface area contributed by atoms with E-state index in [0.29, 0.717) is 5.69 Å². The lowest BCUT2D eigenvalue weighted by atomic mass is 10.1. The van der Waals surface area contributed by atoms with Crippen LogP contribution in [0.25, 0.3) is 0 Å². The molecule has 1 amide bonds. The lowest BCUT2D eigenvalue weighted by molar-refractivity contribution is 0.0935. The summed E-state index contributed by atoms with van der Waals surface area (Å²) < 4.78 is 1.52. The molecule has 3 N–H and O–H groups in total. The van der Waals surface area contributed by atoms with Crippen molar-refractivity contribution in [3.63, 3.8) is 0 Å². The van der Waals surface area contributed by atoms with Crippen molar-refractivity contribution in [1.82, 2.24) is 20.1 Å². The summed E-state index contributed by atoms with van der Waals surface area (Å²) in [7, 11) is 1.72. The summed E-state index contributed by atoms with van der Waals surface area (Å²) in [6, 6.07) is 3.58. The first-order valence-electron chi connectivity index (χ1n) is 5.58. The van der Waals surface area contributed by atoms with E-state index in [-0.39, 0.29) is 17.6 Å². The van der Waals surface area contributed by atoms with Crippen LogP contribution in [0.5, 0.6) is 0 Å². The van der Waals surface area contributed by atoms with Crippen molar-refractivity contribution in [3.05, 3.63) is 42.0 Å². The van der Waals surface area contributed by atoms with E-state index >= 15 is 0 Å². The maximum atomic E-state index is 12.0. The van der Waals surface area contributed by atoms with Gasteiger partial charge in [0.05, 0.1) is 11.7 Å². The highest BCUT2D eigenvalue weighted by Crippen LogP contribution is 2.13. The topological polar surface area (TPSA) is 85.8 Å². The molecule has 0 aliphatic heterocycles. The molecule has 0 saturated heterocycles. The van der Waals surface area contributed by atoms with Gasteiger partial charge in [0.2, 0.25) is 0 Å². The van der Waals surface area contributed by atoms with Gasteiger partial charge in [0.15, 0.2) is 5.69 Å². The Morgan fingerprint density at radius 3 is 2.67 bits per heavy atom.